The number of fused-ring (bicyclic) bond motifs is 2. The first-order valence-corrected chi connectivity index (χ1v) is 4.74. The predicted octanol–water partition coefficient (Wildman–Crippen LogP) is 1.94. The molecule has 1 nitrogen and oxygen atoms in total. The van der Waals surface area contributed by atoms with Crippen molar-refractivity contribution in [2.75, 3.05) is 6.54 Å². The molecule has 1 aliphatic carbocycles. The highest BCUT2D eigenvalue weighted by atomic mass is 15.3. The Morgan fingerprint density at radius 3 is 2.91 bits per heavy atom. The van der Waals surface area contributed by atoms with E-state index < -0.39 is 0 Å². The molecule has 60 valence electrons. The van der Waals surface area contributed by atoms with Gasteiger partial charge in [0.25, 0.3) is 0 Å². The van der Waals surface area contributed by atoms with Crippen molar-refractivity contribution in [3.63, 3.8) is 0 Å². The summed E-state index contributed by atoms with van der Waals surface area (Å²) in [5, 5.41) is 0. The Morgan fingerprint density at radius 2 is 2.18 bits per heavy atom. The molecule has 1 spiro atoms. The van der Waals surface area contributed by atoms with Crippen molar-refractivity contribution in [1.29, 1.82) is 0 Å². The highest BCUT2D eigenvalue weighted by Gasteiger charge is 2.55. The lowest BCUT2D eigenvalue weighted by molar-refractivity contribution is 0.231. The maximum absolute atomic E-state index is 4.09. The van der Waals surface area contributed by atoms with Crippen molar-refractivity contribution in [1.82, 2.24) is 4.90 Å². The van der Waals surface area contributed by atoms with E-state index in [1.54, 1.807) is 0 Å². The van der Waals surface area contributed by atoms with Crippen LogP contribution in [0.1, 0.15) is 32.1 Å². The van der Waals surface area contributed by atoms with Crippen molar-refractivity contribution in [3.8, 4) is 0 Å². The van der Waals surface area contributed by atoms with Gasteiger partial charge in [0.2, 0.25) is 0 Å². The van der Waals surface area contributed by atoms with Crippen molar-refractivity contribution < 1.29 is 0 Å². The lowest BCUT2D eigenvalue weighted by Crippen LogP contribution is -2.32. The third-order valence-electron chi connectivity index (χ3n) is 3.74. The first-order valence-electron chi connectivity index (χ1n) is 4.74. The molecule has 3 fully saturated rings. The molecule has 1 saturated carbocycles. The van der Waals surface area contributed by atoms with E-state index in [-0.39, 0.29) is 0 Å². The van der Waals surface area contributed by atoms with Crippen LogP contribution in [0.4, 0.5) is 0 Å². The van der Waals surface area contributed by atoms with Gasteiger partial charge in [-0.2, -0.15) is 0 Å². The predicted molar refractivity (Wildman–Crippen MR) is 45.5 cm³/mol. The Bertz CT molecular complexity index is 215. The average Bonchev–Trinajstić information content (AvgIpc) is 2.57. The first-order chi connectivity index (χ1) is 5.30. The maximum Gasteiger partial charge on any atom is 0.0218 e. The highest BCUT2D eigenvalue weighted by molar-refractivity contribution is 5.20. The smallest absolute Gasteiger partial charge is 0.0218 e. The topological polar surface area (TPSA) is 3.24 Å². The van der Waals surface area contributed by atoms with Gasteiger partial charge in [-0.1, -0.05) is 12.2 Å². The second-order valence-corrected chi connectivity index (χ2v) is 4.50. The fourth-order valence-corrected chi connectivity index (χ4v) is 2.95. The molecular weight excluding hydrogens is 134 g/mol. The molecule has 1 atom stereocenters. The standard InChI is InChI=1S/C10H15N/c1-8-6-9-2-3-10(4-5-10)11(9)7-8/h9H,1-7H2. The largest absolute Gasteiger partial charge is 0.290 e. The normalized spacial score (nSPS) is 40.0. The molecule has 1 unspecified atom stereocenters. The lowest BCUT2D eigenvalue weighted by Gasteiger charge is -2.22. The van der Waals surface area contributed by atoms with E-state index >= 15 is 0 Å². The van der Waals surface area contributed by atoms with Crippen molar-refractivity contribution in [2.24, 2.45) is 0 Å². The van der Waals surface area contributed by atoms with Crippen LogP contribution in [0.5, 0.6) is 0 Å². The van der Waals surface area contributed by atoms with Crippen LogP contribution >= 0.6 is 0 Å². The molecule has 0 N–H and O–H groups in total. The second kappa shape index (κ2) is 1.71. The maximum atomic E-state index is 4.09. The molecule has 2 heterocycles. The van der Waals surface area contributed by atoms with E-state index in [1.165, 1.54) is 44.2 Å². The van der Waals surface area contributed by atoms with E-state index in [0.717, 1.165) is 6.04 Å². The summed E-state index contributed by atoms with van der Waals surface area (Å²) < 4.78 is 0. The molecular formula is C10H15N. The van der Waals surface area contributed by atoms with Crippen LogP contribution in [0.2, 0.25) is 0 Å². The molecule has 1 heteroatoms. The molecule has 0 radical (unpaired) electrons. The summed E-state index contributed by atoms with van der Waals surface area (Å²) >= 11 is 0. The zero-order valence-corrected chi connectivity index (χ0v) is 6.97. The Kier molecular flexibility index (Phi) is 0.972. The summed E-state index contributed by atoms with van der Waals surface area (Å²) in [6, 6.07) is 0.894. The minimum atomic E-state index is 0.699. The first kappa shape index (κ1) is 6.24. The second-order valence-electron chi connectivity index (χ2n) is 4.50. The summed E-state index contributed by atoms with van der Waals surface area (Å²) in [6.45, 7) is 5.30. The van der Waals surface area contributed by atoms with Gasteiger partial charge >= 0.3 is 0 Å². The molecule has 0 aromatic rings. The summed E-state index contributed by atoms with van der Waals surface area (Å²) in [4.78, 5) is 2.73. The van der Waals surface area contributed by atoms with Crippen LogP contribution in [-0.4, -0.2) is 23.0 Å². The monoisotopic (exact) mass is 149 g/mol. The Hall–Kier alpha value is -0.300. The number of hydrogen-bond donors (Lipinski definition) is 0. The van der Waals surface area contributed by atoms with Gasteiger partial charge < -0.3 is 0 Å². The zero-order chi connectivity index (χ0) is 7.47. The van der Waals surface area contributed by atoms with E-state index in [9.17, 15) is 0 Å². The number of nitrogens with zero attached hydrogens (tertiary/aromatic N) is 1. The van der Waals surface area contributed by atoms with Gasteiger partial charge in [-0.3, -0.25) is 4.90 Å². The lowest BCUT2D eigenvalue weighted by atomic mass is 10.1. The van der Waals surface area contributed by atoms with E-state index in [1.807, 2.05) is 0 Å². The molecule has 0 amide bonds. The summed E-state index contributed by atoms with van der Waals surface area (Å²) in [7, 11) is 0. The Balaban J connectivity index is 1.91. The van der Waals surface area contributed by atoms with Gasteiger partial charge in [-0.15, -0.1) is 0 Å². The summed E-state index contributed by atoms with van der Waals surface area (Å²) in [5.74, 6) is 0. The minimum absolute atomic E-state index is 0.699. The molecule has 3 rings (SSSR count). The molecule has 2 aliphatic heterocycles. The third kappa shape index (κ3) is 0.698. The van der Waals surface area contributed by atoms with E-state index in [0.29, 0.717) is 5.54 Å². The van der Waals surface area contributed by atoms with E-state index in [2.05, 4.69) is 11.5 Å². The van der Waals surface area contributed by atoms with E-state index in [4.69, 9.17) is 0 Å². The van der Waals surface area contributed by atoms with Gasteiger partial charge in [0.1, 0.15) is 0 Å². The molecule has 0 bridgehead atoms. The van der Waals surface area contributed by atoms with Crippen LogP contribution in [0.3, 0.4) is 0 Å². The quantitative estimate of drug-likeness (QED) is 0.476. The molecule has 0 aromatic heterocycles. The Morgan fingerprint density at radius 1 is 1.36 bits per heavy atom. The van der Waals surface area contributed by atoms with Gasteiger partial charge in [-0.05, 0) is 32.1 Å². The average molecular weight is 149 g/mol. The zero-order valence-electron chi connectivity index (χ0n) is 6.97. The minimum Gasteiger partial charge on any atom is -0.290 e. The van der Waals surface area contributed by atoms with Gasteiger partial charge in [0.05, 0.1) is 0 Å². The van der Waals surface area contributed by atoms with Crippen molar-refractivity contribution in [3.05, 3.63) is 12.2 Å². The van der Waals surface area contributed by atoms with Crippen LogP contribution in [0.25, 0.3) is 0 Å². The van der Waals surface area contributed by atoms with Gasteiger partial charge in [0, 0.05) is 18.1 Å². The van der Waals surface area contributed by atoms with Crippen LogP contribution in [0, 0.1) is 0 Å². The van der Waals surface area contributed by atoms with Crippen LogP contribution in [-0.2, 0) is 0 Å². The fourth-order valence-electron chi connectivity index (χ4n) is 2.95. The van der Waals surface area contributed by atoms with Gasteiger partial charge in [0.15, 0.2) is 0 Å². The third-order valence-corrected chi connectivity index (χ3v) is 3.74. The SMILES string of the molecule is C=C1CC2CCC3(CC3)N2C1. The highest BCUT2D eigenvalue weighted by Crippen LogP contribution is 2.54. The molecule has 2 saturated heterocycles. The van der Waals surface area contributed by atoms with Crippen molar-refractivity contribution in [2.45, 2.75) is 43.7 Å². The summed E-state index contributed by atoms with van der Waals surface area (Å²) in [5.41, 5.74) is 2.17. The Labute approximate surface area is 68.1 Å². The molecule has 11 heavy (non-hydrogen) atoms. The van der Waals surface area contributed by atoms with Crippen molar-refractivity contribution >= 4 is 0 Å². The number of hydrogen-bond acceptors (Lipinski definition) is 1. The summed E-state index contributed by atoms with van der Waals surface area (Å²) in [6.07, 6.45) is 7.15. The molecule has 3 aliphatic rings. The van der Waals surface area contributed by atoms with Gasteiger partial charge in [-0.25, -0.2) is 0 Å². The van der Waals surface area contributed by atoms with Crippen LogP contribution in [0.15, 0.2) is 12.2 Å². The fraction of sp³-hybridized carbons (Fsp3) is 0.800. The number of rotatable bonds is 0. The van der Waals surface area contributed by atoms with Crippen LogP contribution < -0.4 is 0 Å². The molecule has 0 aromatic carbocycles.